The van der Waals surface area contributed by atoms with Crippen LogP contribution >= 0.6 is 11.8 Å². The molecule has 0 saturated carbocycles. The molecule has 0 aromatic heterocycles. The Bertz CT molecular complexity index is 480. The van der Waals surface area contributed by atoms with Gasteiger partial charge in [0, 0.05) is 4.90 Å². The lowest BCUT2D eigenvalue weighted by Crippen LogP contribution is -1.76. The minimum atomic E-state index is 0.734. The summed E-state index contributed by atoms with van der Waals surface area (Å²) in [6.45, 7) is 0. The normalized spacial score (nSPS) is 9.93. The molecule has 1 heteroatoms. The van der Waals surface area contributed by atoms with E-state index in [-0.39, 0.29) is 0 Å². The maximum absolute atomic E-state index is 5.22. The fourth-order valence-electron chi connectivity index (χ4n) is 1.38. The van der Waals surface area contributed by atoms with Crippen molar-refractivity contribution in [3.8, 4) is 12.3 Å². The number of benzene rings is 2. The van der Waals surface area contributed by atoms with E-state index in [9.17, 15) is 0 Å². The van der Waals surface area contributed by atoms with Crippen molar-refractivity contribution in [2.24, 2.45) is 0 Å². The lowest BCUT2D eigenvalue weighted by molar-refractivity contribution is 1.51. The van der Waals surface area contributed by atoms with Crippen LogP contribution in [-0.4, -0.2) is 5.75 Å². The quantitative estimate of drug-likeness (QED) is 0.525. The zero-order valence-electron chi connectivity index (χ0n) is 7.73. The van der Waals surface area contributed by atoms with E-state index in [1.807, 2.05) is 0 Å². The Morgan fingerprint density at radius 1 is 1.07 bits per heavy atom. The maximum atomic E-state index is 5.22. The smallest absolute Gasteiger partial charge is 0.0592 e. The molecule has 0 aliphatic heterocycles. The third-order valence-electron chi connectivity index (χ3n) is 2.04. The van der Waals surface area contributed by atoms with Gasteiger partial charge in [-0.15, -0.1) is 18.2 Å². The van der Waals surface area contributed by atoms with Gasteiger partial charge in [0.05, 0.1) is 5.75 Å². The molecule has 2 rings (SSSR count). The van der Waals surface area contributed by atoms with Crippen LogP contribution < -0.4 is 0 Å². The van der Waals surface area contributed by atoms with E-state index >= 15 is 0 Å². The Balaban J connectivity index is 2.37. The average molecular weight is 198 g/mol. The SMILES string of the molecule is C#CCSc1ccc2ccccc2c1. The Morgan fingerprint density at radius 3 is 2.64 bits per heavy atom. The molecule has 0 saturated heterocycles. The number of terminal acetylenes is 1. The first-order valence-electron chi connectivity index (χ1n) is 4.45. The molecule has 0 radical (unpaired) electrons. The summed E-state index contributed by atoms with van der Waals surface area (Å²) in [5.74, 6) is 3.36. The van der Waals surface area contributed by atoms with Gasteiger partial charge in [-0.3, -0.25) is 0 Å². The van der Waals surface area contributed by atoms with Crippen LogP contribution in [0, 0.1) is 12.3 Å². The predicted molar refractivity (Wildman–Crippen MR) is 63.5 cm³/mol. The van der Waals surface area contributed by atoms with E-state index in [0.29, 0.717) is 0 Å². The summed E-state index contributed by atoms with van der Waals surface area (Å²) in [5, 5.41) is 2.55. The third-order valence-corrected chi connectivity index (χ3v) is 2.94. The summed E-state index contributed by atoms with van der Waals surface area (Å²) < 4.78 is 0. The first-order valence-corrected chi connectivity index (χ1v) is 5.44. The van der Waals surface area contributed by atoms with Crippen LogP contribution in [0.1, 0.15) is 0 Å². The Morgan fingerprint density at radius 2 is 1.86 bits per heavy atom. The second-order valence-corrected chi connectivity index (χ2v) is 4.05. The highest BCUT2D eigenvalue weighted by Crippen LogP contribution is 2.22. The van der Waals surface area contributed by atoms with Gasteiger partial charge < -0.3 is 0 Å². The Hall–Kier alpha value is -1.39. The topological polar surface area (TPSA) is 0 Å². The van der Waals surface area contributed by atoms with Crippen LogP contribution in [0.4, 0.5) is 0 Å². The zero-order chi connectivity index (χ0) is 9.80. The number of fused-ring (bicyclic) bond motifs is 1. The third kappa shape index (κ3) is 1.92. The second kappa shape index (κ2) is 4.21. The fourth-order valence-corrected chi connectivity index (χ4v) is 2.01. The molecule has 0 fully saturated rings. The number of hydrogen-bond acceptors (Lipinski definition) is 1. The van der Waals surface area contributed by atoms with E-state index < -0.39 is 0 Å². The maximum Gasteiger partial charge on any atom is 0.0592 e. The van der Waals surface area contributed by atoms with Crippen LogP contribution in [0.15, 0.2) is 47.4 Å². The van der Waals surface area contributed by atoms with Gasteiger partial charge in [-0.1, -0.05) is 36.3 Å². The van der Waals surface area contributed by atoms with E-state index in [1.54, 1.807) is 11.8 Å². The van der Waals surface area contributed by atoms with Crippen molar-refractivity contribution in [3.63, 3.8) is 0 Å². The van der Waals surface area contributed by atoms with Crippen molar-refractivity contribution < 1.29 is 0 Å². The Kier molecular flexibility index (Phi) is 2.76. The minimum absolute atomic E-state index is 0.734. The Labute approximate surface area is 88.3 Å². The van der Waals surface area contributed by atoms with Crippen molar-refractivity contribution in [3.05, 3.63) is 42.5 Å². The van der Waals surface area contributed by atoms with E-state index in [2.05, 4.69) is 48.4 Å². The molecular weight excluding hydrogens is 188 g/mol. The van der Waals surface area contributed by atoms with Gasteiger partial charge in [-0.25, -0.2) is 0 Å². The standard InChI is InChI=1S/C13H10S/c1-2-9-14-13-8-7-11-5-3-4-6-12(11)10-13/h1,3-8,10H,9H2. The lowest BCUT2D eigenvalue weighted by Gasteiger charge is -2.00. The fraction of sp³-hybridized carbons (Fsp3) is 0.0769. The van der Waals surface area contributed by atoms with E-state index in [1.165, 1.54) is 15.7 Å². The van der Waals surface area contributed by atoms with Gasteiger partial charge >= 0.3 is 0 Å². The molecular formula is C13H10S. The van der Waals surface area contributed by atoms with Crippen LogP contribution in [0.25, 0.3) is 10.8 Å². The molecule has 14 heavy (non-hydrogen) atoms. The molecule has 0 atom stereocenters. The van der Waals surface area contributed by atoms with Crippen molar-refractivity contribution in [2.45, 2.75) is 4.90 Å². The second-order valence-electron chi connectivity index (χ2n) is 3.00. The van der Waals surface area contributed by atoms with Crippen LogP contribution in [0.5, 0.6) is 0 Å². The van der Waals surface area contributed by atoms with Crippen LogP contribution in [0.3, 0.4) is 0 Å². The molecule has 68 valence electrons. The van der Waals surface area contributed by atoms with Gasteiger partial charge in [0.2, 0.25) is 0 Å². The zero-order valence-corrected chi connectivity index (χ0v) is 8.55. The van der Waals surface area contributed by atoms with E-state index in [0.717, 1.165) is 5.75 Å². The molecule has 0 aliphatic rings. The van der Waals surface area contributed by atoms with Crippen molar-refractivity contribution >= 4 is 22.5 Å². The van der Waals surface area contributed by atoms with Gasteiger partial charge in [-0.05, 0) is 22.9 Å². The molecule has 0 amide bonds. The molecule has 0 bridgehead atoms. The van der Waals surface area contributed by atoms with Crippen LogP contribution in [-0.2, 0) is 0 Å². The summed E-state index contributed by atoms with van der Waals surface area (Å²) in [5.41, 5.74) is 0. The molecule has 0 N–H and O–H groups in total. The summed E-state index contributed by atoms with van der Waals surface area (Å²) in [6, 6.07) is 14.8. The number of rotatable bonds is 2. The molecule has 0 unspecified atom stereocenters. The summed E-state index contributed by atoms with van der Waals surface area (Å²) in [6.07, 6.45) is 5.22. The molecule has 2 aromatic carbocycles. The highest BCUT2D eigenvalue weighted by atomic mass is 32.2. The lowest BCUT2D eigenvalue weighted by atomic mass is 10.1. The predicted octanol–water partition coefficient (Wildman–Crippen LogP) is 3.57. The molecule has 2 aromatic rings. The largest absolute Gasteiger partial charge is 0.119 e. The minimum Gasteiger partial charge on any atom is -0.119 e. The first kappa shape index (κ1) is 9.18. The van der Waals surface area contributed by atoms with Gasteiger partial charge in [-0.2, -0.15) is 0 Å². The van der Waals surface area contributed by atoms with Gasteiger partial charge in [0.15, 0.2) is 0 Å². The average Bonchev–Trinajstić information content (AvgIpc) is 2.26. The molecule has 0 nitrogen and oxygen atoms in total. The molecule has 0 heterocycles. The number of hydrogen-bond donors (Lipinski definition) is 0. The van der Waals surface area contributed by atoms with Crippen molar-refractivity contribution in [2.75, 3.05) is 5.75 Å². The summed E-state index contributed by atoms with van der Waals surface area (Å²) >= 11 is 1.70. The summed E-state index contributed by atoms with van der Waals surface area (Å²) in [4.78, 5) is 1.24. The van der Waals surface area contributed by atoms with Crippen molar-refractivity contribution in [1.29, 1.82) is 0 Å². The molecule has 0 aliphatic carbocycles. The first-order chi connectivity index (χ1) is 6.90. The highest BCUT2D eigenvalue weighted by molar-refractivity contribution is 7.99. The van der Waals surface area contributed by atoms with Crippen LogP contribution in [0.2, 0.25) is 0 Å². The van der Waals surface area contributed by atoms with Gasteiger partial charge in [0.1, 0.15) is 0 Å². The molecule has 0 spiro atoms. The van der Waals surface area contributed by atoms with Crippen molar-refractivity contribution in [1.82, 2.24) is 0 Å². The highest BCUT2D eigenvalue weighted by Gasteiger charge is 1.95. The van der Waals surface area contributed by atoms with E-state index in [4.69, 9.17) is 6.42 Å². The monoisotopic (exact) mass is 198 g/mol. The number of thioether (sulfide) groups is 1. The van der Waals surface area contributed by atoms with Gasteiger partial charge in [0.25, 0.3) is 0 Å². The summed E-state index contributed by atoms with van der Waals surface area (Å²) in [7, 11) is 0.